The molecule has 0 aliphatic carbocycles. The minimum Gasteiger partial charge on any atom is -0.542 e. The number of ketones is 1. The predicted molar refractivity (Wildman–Crippen MR) is 188 cm³/mol. The Kier molecular flexibility index (Phi) is 18.5. The second kappa shape index (κ2) is 21.6. The summed E-state index contributed by atoms with van der Waals surface area (Å²) in [6.07, 6.45) is 0.537. The minimum atomic E-state index is -5.19. The number of nitrogens with zero attached hydrogens (tertiary/aromatic N) is 2. The molecule has 2 aromatic carbocycles. The number of carbonyl (C=O) groups is 5. The second-order valence-electron chi connectivity index (χ2n) is 11.1. The molecule has 0 unspecified atom stereocenters. The molecule has 0 saturated carbocycles. The maximum atomic E-state index is 12.5. The van der Waals surface area contributed by atoms with Crippen LogP contribution in [0.25, 0.3) is 21.8 Å². The summed E-state index contributed by atoms with van der Waals surface area (Å²) in [4.78, 5) is 53.6. The van der Waals surface area contributed by atoms with E-state index in [1.54, 1.807) is 25.1 Å². The molecule has 0 radical (unpaired) electrons. The quantitative estimate of drug-likeness (QED) is 0.0972. The number of alkyl halides is 3. The number of carboxylic acid groups (broad SMARTS) is 2. The van der Waals surface area contributed by atoms with Crippen LogP contribution >= 0.6 is 0 Å². The Balaban J connectivity index is 0.000000405. The van der Waals surface area contributed by atoms with Gasteiger partial charge in [0, 0.05) is 59.9 Å². The van der Waals surface area contributed by atoms with Gasteiger partial charge in [-0.15, -0.1) is 0 Å². The van der Waals surface area contributed by atoms with Gasteiger partial charge >= 0.3 is 18.1 Å². The first-order chi connectivity index (χ1) is 25.3. The Bertz CT molecular complexity index is 2010. The molecule has 4 aromatic rings. The highest BCUT2D eigenvalue weighted by Gasteiger charge is 2.28. The maximum Gasteiger partial charge on any atom is 0.430 e. The monoisotopic (exact) mass is 764 g/mol. The fourth-order valence-electron chi connectivity index (χ4n) is 4.72. The number of halogens is 3. The van der Waals surface area contributed by atoms with Gasteiger partial charge in [0.1, 0.15) is 12.6 Å². The number of aromatic nitrogens is 2. The number of amides is 1. The fraction of sp³-hybridized carbons (Fsp3) is 0.306. The zero-order valence-electron chi connectivity index (χ0n) is 30.2. The Morgan fingerprint density at radius 1 is 0.852 bits per heavy atom. The number of esters is 1. The first-order valence-electron chi connectivity index (χ1n) is 15.8. The van der Waals surface area contributed by atoms with Crippen molar-refractivity contribution in [3.05, 3.63) is 94.3 Å². The van der Waals surface area contributed by atoms with Crippen molar-refractivity contribution in [2.75, 3.05) is 26.8 Å². The molecule has 54 heavy (non-hydrogen) atoms. The molecule has 1 amide bonds. The lowest BCUT2D eigenvalue weighted by atomic mass is 10.1. The lowest BCUT2D eigenvalue weighted by Crippen LogP contribution is -2.49. The van der Waals surface area contributed by atoms with E-state index >= 15 is 0 Å². The smallest absolute Gasteiger partial charge is 0.430 e. The third-order valence-electron chi connectivity index (χ3n) is 7.61. The number of methoxy groups -OCH3 is 1. The molecule has 0 saturated heterocycles. The Hall–Kier alpha value is -5.82. The largest absolute Gasteiger partial charge is 0.542 e. The molecule has 0 fully saturated rings. The van der Waals surface area contributed by atoms with E-state index < -0.39 is 30.7 Å². The molecule has 15 nitrogen and oxygen atoms in total. The van der Waals surface area contributed by atoms with Crippen molar-refractivity contribution in [3.8, 4) is 0 Å². The van der Waals surface area contributed by atoms with Gasteiger partial charge in [-0.2, -0.15) is 13.2 Å². The lowest BCUT2D eigenvalue weighted by Gasteiger charge is -2.03. The molecular weight excluding hydrogens is 721 g/mol. The lowest BCUT2D eigenvalue weighted by molar-refractivity contribution is -0.352. The van der Waals surface area contributed by atoms with Gasteiger partial charge in [-0.05, 0) is 61.4 Å². The van der Waals surface area contributed by atoms with Crippen LogP contribution in [-0.2, 0) is 46.4 Å². The molecule has 0 spiro atoms. The molecule has 0 atom stereocenters. The molecule has 18 heteroatoms. The first kappa shape index (κ1) is 46.2. The van der Waals surface area contributed by atoms with E-state index in [1.165, 1.54) is 25.3 Å². The van der Waals surface area contributed by atoms with Crippen LogP contribution in [0.4, 0.5) is 13.2 Å². The molecule has 4 rings (SSSR count). The van der Waals surface area contributed by atoms with Crippen molar-refractivity contribution in [1.82, 2.24) is 14.5 Å². The number of aromatic carboxylic acids is 1. The fourth-order valence-corrected chi connectivity index (χ4v) is 4.72. The number of rotatable bonds is 10. The number of carboxylic acids is 2. The van der Waals surface area contributed by atoms with Gasteiger partial charge in [-0.1, -0.05) is 18.2 Å². The molecule has 0 aliphatic rings. The van der Waals surface area contributed by atoms with Gasteiger partial charge in [-0.3, -0.25) is 9.59 Å². The highest BCUT2D eigenvalue weighted by molar-refractivity contribution is 6.08. The summed E-state index contributed by atoms with van der Waals surface area (Å²) in [6.45, 7) is 3.90. The van der Waals surface area contributed by atoms with E-state index in [2.05, 4.69) is 15.8 Å². The molecule has 8 N–H and O–H groups in total. The zero-order valence-corrected chi connectivity index (χ0v) is 30.2. The Labute approximate surface area is 307 Å². The van der Waals surface area contributed by atoms with Crippen molar-refractivity contribution < 1.29 is 73.1 Å². The zero-order chi connectivity index (χ0) is 41.3. The van der Waals surface area contributed by atoms with E-state index in [4.69, 9.17) is 25.2 Å². The summed E-state index contributed by atoms with van der Waals surface area (Å²) >= 11 is 0. The van der Waals surface area contributed by atoms with Gasteiger partial charge in [0.15, 0.2) is 5.78 Å². The number of benzene rings is 2. The Morgan fingerprint density at radius 2 is 1.31 bits per heavy atom. The second-order valence-corrected chi connectivity index (χ2v) is 11.1. The van der Waals surface area contributed by atoms with Crippen molar-refractivity contribution >= 4 is 51.4 Å². The Morgan fingerprint density at radius 3 is 1.70 bits per heavy atom. The normalized spacial score (nSPS) is 11.0. The third-order valence-corrected chi connectivity index (χ3v) is 7.61. The minimum absolute atomic E-state index is 0.0766. The van der Waals surface area contributed by atoms with Crippen LogP contribution in [0.2, 0.25) is 0 Å². The third kappa shape index (κ3) is 13.0. The number of hydrogen-bond donors (Lipinski definition) is 6. The number of fused-ring (bicyclic) bond motifs is 2. The van der Waals surface area contributed by atoms with Crippen LogP contribution in [0.15, 0.2) is 60.7 Å². The van der Waals surface area contributed by atoms with Gasteiger partial charge in [-0.25, -0.2) is 9.59 Å². The molecule has 2 heterocycles. The highest BCUT2D eigenvalue weighted by Crippen LogP contribution is 2.27. The topological polar surface area (TPSA) is 248 Å². The predicted octanol–water partition coefficient (Wildman–Crippen LogP) is 0.760. The summed E-state index contributed by atoms with van der Waals surface area (Å²) in [6, 6.07) is 10.9. The summed E-state index contributed by atoms with van der Waals surface area (Å²) in [5.41, 5.74) is 9.18. The van der Waals surface area contributed by atoms with E-state index in [-0.39, 0.29) is 31.4 Å². The molecule has 294 valence electrons. The SMILES string of the molecule is COC(=O)/C=C/CNC(=O)c1c(C)n(C)c2ccc(CO)cc12.Cc1c(C(=O)O)c2cc(CO)ccc2n1C.O=C([O-])C(F)(F)F.[NH3+]C/C=C/C(=O)CO. The number of nitrogens with one attached hydrogen (secondary N) is 1. The van der Waals surface area contributed by atoms with Crippen molar-refractivity contribution in [1.29, 1.82) is 0 Å². The standard InChI is InChI=1S/C17H20N2O4.C12H13NO3.C5H9NO2.C2HF3O2/c1-11-16(17(22)18-8-4-5-15(21)23-3)13-9-12(10-20)6-7-14(13)19(11)2;1-7-11(12(15)16)9-5-8(6-14)3-4-10(9)13(7)2;6-3-1-2-5(8)4-7;3-2(4,5)1(6)7/h4-7,9,20H,8,10H2,1-3H3,(H,18,22);3-5,14H,6H2,1-2H3,(H,15,16);1-2,7H,3-4,6H2;(H,6,7)/b5-4+;;2-1+;. The summed E-state index contributed by atoms with van der Waals surface area (Å²) < 4.78 is 39.8. The number of hydrogen-bond acceptors (Lipinski definition) is 10. The van der Waals surface area contributed by atoms with Crippen LogP contribution in [0, 0.1) is 13.8 Å². The first-order valence-corrected chi connectivity index (χ1v) is 15.8. The molecular formula is C36H43F3N4O11. The van der Waals surface area contributed by atoms with Crippen LogP contribution < -0.4 is 16.2 Å². The van der Waals surface area contributed by atoms with Gasteiger partial charge < -0.3 is 55.2 Å². The van der Waals surface area contributed by atoms with Gasteiger partial charge in [0.05, 0.1) is 38.0 Å². The number of aliphatic hydroxyl groups excluding tert-OH is 3. The number of aliphatic carboxylic acids is 1. The van der Waals surface area contributed by atoms with Crippen LogP contribution in [-0.4, -0.2) is 92.1 Å². The van der Waals surface area contributed by atoms with E-state index in [0.29, 0.717) is 23.1 Å². The summed E-state index contributed by atoms with van der Waals surface area (Å²) in [5.74, 6) is -4.90. The number of carbonyl (C=O) groups excluding carboxylic acids is 4. The number of aliphatic hydroxyl groups is 3. The summed E-state index contributed by atoms with van der Waals surface area (Å²) in [7, 11) is 5.02. The van der Waals surface area contributed by atoms with Gasteiger partial charge in [0.25, 0.3) is 5.91 Å². The van der Waals surface area contributed by atoms with E-state index in [9.17, 15) is 37.5 Å². The van der Waals surface area contributed by atoms with E-state index in [1.807, 2.05) is 54.4 Å². The van der Waals surface area contributed by atoms with Crippen molar-refractivity contribution in [3.63, 3.8) is 0 Å². The van der Waals surface area contributed by atoms with Gasteiger partial charge in [0.2, 0.25) is 0 Å². The molecule has 0 bridgehead atoms. The van der Waals surface area contributed by atoms with Crippen LogP contribution in [0.5, 0.6) is 0 Å². The van der Waals surface area contributed by atoms with Crippen LogP contribution in [0.3, 0.4) is 0 Å². The van der Waals surface area contributed by atoms with Crippen molar-refractivity contribution in [2.45, 2.75) is 33.2 Å². The van der Waals surface area contributed by atoms with E-state index in [0.717, 1.165) is 38.9 Å². The molecule has 0 aliphatic heterocycles. The number of quaternary nitrogens is 1. The van der Waals surface area contributed by atoms with Crippen molar-refractivity contribution in [2.24, 2.45) is 14.1 Å². The summed E-state index contributed by atoms with van der Waals surface area (Å²) in [5, 5.41) is 48.7. The average Bonchev–Trinajstić information content (AvgIpc) is 3.55. The number of ether oxygens (including phenoxy) is 1. The average molecular weight is 765 g/mol. The molecule has 2 aromatic heterocycles. The number of aryl methyl sites for hydroxylation is 2. The highest BCUT2D eigenvalue weighted by atomic mass is 19.4. The maximum absolute atomic E-state index is 12.5. The van der Waals surface area contributed by atoms with Crippen LogP contribution in [0.1, 0.15) is 43.2 Å².